The third kappa shape index (κ3) is 0.545. The molecule has 0 amide bonds. The van der Waals surface area contributed by atoms with Crippen LogP contribution in [0, 0.1) is 0 Å². The molecule has 0 saturated heterocycles. The Morgan fingerprint density at radius 1 is 1.44 bits per heavy atom. The van der Waals surface area contributed by atoms with Gasteiger partial charge in [0, 0.05) is 6.42 Å². The van der Waals surface area contributed by atoms with E-state index in [-0.39, 0.29) is 0 Å². The lowest BCUT2D eigenvalue weighted by Gasteiger charge is -1.98. The Morgan fingerprint density at radius 2 is 2.33 bits per heavy atom. The maximum Gasteiger partial charge on any atom is 0.122 e. The minimum atomic E-state index is 1.05. The summed E-state index contributed by atoms with van der Waals surface area (Å²) in [4.78, 5) is 0. The summed E-state index contributed by atoms with van der Waals surface area (Å²) in [6.07, 6.45) is 7.44. The van der Waals surface area contributed by atoms with Gasteiger partial charge in [-0.2, -0.15) is 0 Å². The van der Waals surface area contributed by atoms with Crippen LogP contribution in [-0.4, -0.2) is 7.11 Å². The fourth-order valence-electron chi connectivity index (χ4n) is 1.26. The van der Waals surface area contributed by atoms with Crippen molar-refractivity contribution in [1.29, 1.82) is 0 Å². The van der Waals surface area contributed by atoms with E-state index in [4.69, 9.17) is 4.74 Å². The predicted molar refractivity (Wildman–Crippen MR) is 35.9 cm³/mol. The Balaban J connectivity index is 2.45. The molecule has 0 saturated carbocycles. The van der Waals surface area contributed by atoms with Gasteiger partial charge in [-0.05, 0) is 17.2 Å². The number of methoxy groups -OCH3 is 1. The van der Waals surface area contributed by atoms with Crippen LogP contribution in [0.25, 0.3) is 0 Å². The van der Waals surface area contributed by atoms with Crippen molar-refractivity contribution in [1.82, 2.24) is 0 Å². The van der Waals surface area contributed by atoms with E-state index >= 15 is 0 Å². The summed E-state index contributed by atoms with van der Waals surface area (Å²) in [7, 11) is 1.72. The summed E-state index contributed by atoms with van der Waals surface area (Å²) in [5.74, 6) is 1.05. The van der Waals surface area contributed by atoms with E-state index < -0.39 is 0 Å². The topological polar surface area (TPSA) is 9.23 Å². The van der Waals surface area contributed by atoms with Gasteiger partial charge in [-0.3, -0.25) is 0 Å². The van der Waals surface area contributed by atoms with E-state index in [9.17, 15) is 0 Å². The van der Waals surface area contributed by atoms with Crippen LogP contribution in [0.4, 0.5) is 0 Å². The van der Waals surface area contributed by atoms with Gasteiger partial charge < -0.3 is 4.74 Å². The third-order valence-corrected chi connectivity index (χ3v) is 1.75. The van der Waals surface area contributed by atoms with Gasteiger partial charge in [-0.15, -0.1) is 0 Å². The quantitative estimate of drug-likeness (QED) is 0.512. The molecule has 2 rings (SSSR count). The lowest BCUT2D eigenvalue weighted by Crippen LogP contribution is -1.82. The number of hydrogen-bond donors (Lipinski definition) is 0. The van der Waals surface area contributed by atoms with Gasteiger partial charge in [0.05, 0.1) is 7.11 Å². The first-order valence-electron chi connectivity index (χ1n) is 3.06. The van der Waals surface area contributed by atoms with Crippen LogP contribution in [0.15, 0.2) is 35.1 Å². The van der Waals surface area contributed by atoms with Gasteiger partial charge in [0.2, 0.25) is 0 Å². The van der Waals surface area contributed by atoms with Gasteiger partial charge in [-0.1, -0.05) is 12.2 Å². The van der Waals surface area contributed by atoms with Crippen molar-refractivity contribution in [3.8, 4) is 0 Å². The Kier molecular flexibility index (Phi) is 0.810. The fraction of sp³-hybridized carbons (Fsp3) is 0.250. The molecule has 0 spiro atoms. The van der Waals surface area contributed by atoms with Crippen LogP contribution in [0.5, 0.6) is 0 Å². The average Bonchev–Trinajstić information content (AvgIpc) is 2.45. The van der Waals surface area contributed by atoms with Crippen molar-refractivity contribution in [2.24, 2.45) is 0 Å². The lowest BCUT2D eigenvalue weighted by molar-refractivity contribution is 0.305. The molecular formula is C8H8O. The standard InChI is InChI=1S/C8H8O/c1-9-8-5-6-2-3-7(8)4-6/h2-3,5H,4H2,1H3. The van der Waals surface area contributed by atoms with Crippen molar-refractivity contribution in [2.45, 2.75) is 6.42 Å². The predicted octanol–water partition coefficient (Wildman–Crippen LogP) is 1.79. The minimum absolute atomic E-state index is 1.05. The van der Waals surface area contributed by atoms with E-state index in [1.807, 2.05) is 0 Å². The summed E-state index contributed by atoms with van der Waals surface area (Å²) >= 11 is 0. The molecule has 2 aliphatic carbocycles. The summed E-state index contributed by atoms with van der Waals surface area (Å²) in [5, 5.41) is 0. The molecule has 1 heteroatoms. The molecule has 46 valence electrons. The van der Waals surface area contributed by atoms with Crippen LogP contribution >= 0.6 is 0 Å². The number of ether oxygens (including phenoxy) is 1. The molecule has 0 atom stereocenters. The third-order valence-electron chi connectivity index (χ3n) is 1.75. The van der Waals surface area contributed by atoms with Crippen LogP contribution in [-0.2, 0) is 4.74 Å². The molecule has 0 aromatic heterocycles. The maximum absolute atomic E-state index is 5.10. The second-order valence-electron chi connectivity index (χ2n) is 2.32. The molecule has 0 heterocycles. The Morgan fingerprint density at radius 3 is 2.67 bits per heavy atom. The second kappa shape index (κ2) is 1.50. The summed E-state index contributed by atoms with van der Waals surface area (Å²) in [6, 6.07) is 0. The zero-order chi connectivity index (χ0) is 6.27. The molecule has 2 bridgehead atoms. The van der Waals surface area contributed by atoms with Gasteiger partial charge >= 0.3 is 0 Å². The number of fused-ring (bicyclic) bond motifs is 2. The first-order valence-corrected chi connectivity index (χ1v) is 3.06. The Labute approximate surface area is 54.3 Å². The second-order valence-corrected chi connectivity index (χ2v) is 2.32. The Bertz CT molecular complexity index is 231. The van der Waals surface area contributed by atoms with Gasteiger partial charge in [0.25, 0.3) is 0 Å². The van der Waals surface area contributed by atoms with Crippen molar-refractivity contribution in [2.75, 3.05) is 7.11 Å². The highest BCUT2D eigenvalue weighted by atomic mass is 16.5. The molecule has 0 radical (unpaired) electrons. The molecule has 0 aromatic rings. The van der Waals surface area contributed by atoms with E-state index in [1.54, 1.807) is 7.11 Å². The van der Waals surface area contributed by atoms with E-state index in [0.717, 1.165) is 12.2 Å². The maximum atomic E-state index is 5.10. The SMILES string of the molecule is COC1=C2C=CC(=C1)C2. The number of hydrogen-bond acceptors (Lipinski definition) is 1. The van der Waals surface area contributed by atoms with Gasteiger partial charge in [-0.25, -0.2) is 0 Å². The first-order chi connectivity index (χ1) is 4.40. The highest BCUT2D eigenvalue weighted by Crippen LogP contribution is 2.33. The molecule has 0 N–H and O–H groups in total. The van der Waals surface area contributed by atoms with E-state index in [2.05, 4.69) is 18.2 Å². The highest BCUT2D eigenvalue weighted by molar-refractivity contribution is 5.52. The molecule has 0 fully saturated rings. The minimum Gasteiger partial charge on any atom is -0.496 e. The molecular weight excluding hydrogens is 112 g/mol. The molecule has 1 nitrogen and oxygen atoms in total. The van der Waals surface area contributed by atoms with Crippen LogP contribution in [0.2, 0.25) is 0 Å². The number of allylic oxidation sites excluding steroid dienone is 5. The number of rotatable bonds is 1. The molecule has 9 heavy (non-hydrogen) atoms. The zero-order valence-corrected chi connectivity index (χ0v) is 5.35. The summed E-state index contributed by atoms with van der Waals surface area (Å²) < 4.78 is 5.10. The zero-order valence-electron chi connectivity index (χ0n) is 5.35. The van der Waals surface area contributed by atoms with Crippen LogP contribution in [0.1, 0.15) is 6.42 Å². The van der Waals surface area contributed by atoms with Crippen molar-refractivity contribution < 1.29 is 4.74 Å². The average molecular weight is 120 g/mol. The van der Waals surface area contributed by atoms with Crippen molar-refractivity contribution in [3.63, 3.8) is 0 Å². The van der Waals surface area contributed by atoms with Crippen molar-refractivity contribution >= 4 is 0 Å². The van der Waals surface area contributed by atoms with E-state index in [1.165, 1.54) is 11.1 Å². The normalized spacial score (nSPS) is 21.2. The van der Waals surface area contributed by atoms with Gasteiger partial charge in [0.1, 0.15) is 5.76 Å². The smallest absolute Gasteiger partial charge is 0.122 e. The van der Waals surface area contributed by atoms with E-state index in [0.29, 0.717) is 0 Å². The fourth-order valence-corrected chi connectivity index (χ4v) is 1.26. The summed E-state index contributed by atoms with van der Waals surface area (Å²) in [5.41, 5.74) is 2.70. The molecule has 2 aliphatic rings. The molecule has 0 unspecified atom stereocenters. The molecule has 0 aromatic carbocycles. The largest absolute Gasteiger partial charge is 0.496 e. The molecule has 0 aliphatic heterocycles. The highest BCUT2D eigenvalue weighted by Gasteiger charge is 2.17. The van der Waals surface area contributed by atoms with Crippen molar-refractivity contribution in [3.05, 3.63) is 35.1 Å². The van der Waals surface area contributed by atoms with Crippen LogP contribution < -0.4 is 0 Å². The Hall–Kier alpha value is -0.980. The van der Waals surface area contributed by atoms with Crippen LogP contribution in [0.3, 0.4) is 0 Å². The lowest BCUT2D eigenvalue weighted by atomic mass is 10.3. The van der Waals surface area contributed by atoms with Gasteiger partial charge in [0.15, 0.2) is 0 Å². The summed E-state index contributed by atoms with van der Waals surface area (Å²) in [6.45, 7) is 0. The monoisotopic (exact) mass is 120 g/mol. The first kappa shape index (κ1) is 4.86.